The molecule has 3 rings (SSSR count). The maximum absolute atomic E-state index is 13.0. The first-order chi connectivity index (χ1) is 15.4. The van der Waals surface area contributed by atoms with Gasteiger partial charge >= 0.3 is 0 Å². The number of carbonyl (C=O) groups is 2. The third-order valence-corrected chi connectivity index (χ3v) is 5.47. The van der Waals surface area contributed by atoms with E-state index in [-0.39, 0.29) is 24.0 Å². The molecule has 32 heavy (non-hydrogen) atoms. The Morgan fingerprint density at radius 1 is 1.03 bits per heavy atom. The van der Waals surface area contributed by atoms with Crippen LogP contribution in [0.25, 0.3) is 5.76 Å². The molecule has 1 heterocycles. The number of hydrogen-bond donors (Lipinski definition) is 1. The van der Waals surface area contributed by atoms with Crippen LogP contribution >= 0.6 is 0 Å². The van der Waals surface area contributed by atoms with Gasteiger partial charge in [0.05, 0.1) is 30.9 Å². The lowest BCUT2D eigenvalue weighted by atomic mass is 9.94. The highest BCUT2D eigenvalue weighted by Crippen LogP contribution is 2.39. The summed E-state index contributed by atoms with van der Waals surface area (Å²) in [5, 5.41) is 11.1. The van der Waals surface area contributed by atoms with Crippen molar-refractivity contribution >= 4 is 17.4 Å². The molecule has 0 aliphatic carbocycles. The number of aryl methyl sites for hydroxylation is 1. The summed E-state index contributed by atoms with van der Waals surface area (Å²) in [6, 6.07) is 14.0. The second kappa shape index (κ2) is 10.5. The fourth-order valence-corrected chi connectivity index (χ4v) is 3.81. The minimum atomic E-state index is -0.689. The molecular formula is C26H31NO5. The zero-order valence-corrected chi connectivity index (χ0v) is 19.1. The van der Waals surface area contributed by atoms with Crippen molar-refractivity contribution in [2.45, 2.75) is 46.3 Å². The maximum Gasteiger partial charge on any atom is 0.295 e. The number of aliphatic hydroxyl groups excluding tert-OH is 1. The lowest BCUT2D eigenvalue weighted by Gasteiger charge is -2.26. The SMILES string of the molecule is CCOc1ccc(/C(O)=C2/C(=O)C(=O)N(CCOC(C)C)C2c2ccc(CC)cc2)cc1. The molecule has 1 saturated heterocycles. The predicted octanol–water partition coefficient (Wildman–Crippen LogP) is 4.49. The van der Waals surface area contributed by atoms with Gasteiger partial charge in [-0.3, -0.25) is 9.59 Å². The molecular weight excluding hydrogens is 406 g/mol. The van der Waals surface area contributed by atoms with Crippen LogP contribution in [0.1, 0.15) is 50.4 Å². The second-order valence-corrected chi connectivity index (χ2v) is 7.96. The highest BCUT2D eigenvalue weighted by molar-refractivity contribution is 6.46. The molecule has 1 aliphatic rings. The number of benzene rings is 2. The standard InChI is InChI=1S/C26H31NO5/c1-5-18-7-9-19(10-8-18)23-22(24(28)20-11-13-21(14-12-20)31-6-2)25(29)26(30)27(23)15-16-32-17(3)4/h7-14,17,23,28H,5-6,15-16H2,1-4H3/b24-22-. The first-order valence-corrected chi connectivity index (χ1v) is 11.1. The molecule has 1 aliphatic heterocycles. The molecule has 6 nitrogen and oxygen atoms in total. The van der Waals surface area contributed by atoms with Crippen LogP contribution in [0.3, 0.4) is 0 Å². The van der Waals surface area contributed by atoms with Crippen LogP contribution in [0.4, 0.5) is 0 Å². The summed E-state index contributed by atoms with van der Waals surface area (Å²) in [6.45, 7) is 8.88. The van der Waals surface area contributed by atoms with E-state index in [0.717, 1.165) is 17.5 Å². The molecule has 0 spiro atoms. The van der Waals surface area contributed by atoms with E-state index in [1.807, 2.05) is 45.0 Å². The number of aliphatic hydroxyl groups is 1. The molecule has 0 aromatic heterocycles. The van der Waals surface area contributed by atoms with Gasteiger partial charge in [0, 0.05) is 12.1 Å². The first-order valence-electron chi connectivity index (χ1n) is 11.1. The van der Waals surface area contributed by atoms with Crippen LogP contribution in [0.5, 0.6) is 5.75 Å². The highest BCUT2D eigenvalue weighted by Gasteiger charge is 2.45. The molecule has 170 valence electrons. The average molecular weight is 438 g/mol. The Bertz CT molecular complexity index is 976. The summed E-state index contributed by atoms with van der Waals surface area (Å²) in [5.74, 6) is -0.842. The van der Waals surface area contributed by atoms with Gasteiger partial charge in [-0.1, -0.05) is 31.2 Å². The van der Waals surface area contributed by atoms with E-state index in [0.29, 0.717) is 24.5 Å². The Hall–Kier alpha value is -3.12. The van der Waals surface area contributed by atoms with Crippen molar-refractivity contribution in [2.24, 2.45) is 0 Å². The van der Waals surface area contributed by atoms with Crippen LogP contribution in [-0.4, -0.2) is 47.6 Å². The van der Waals surface area contributed by atoms with Gasteiger partial charge < -0.3 is 19.5 Å². The topological polar surface area (TPSA) is 76.1 Å². The monoisotopic (exact) mass is 437 g/mol. The van der Waals surface area contributed by atoms with Crippen LogP contribution in [-0.2, 0) is 20.7 Å². The molecule has 1 unspecified atom stereocenters. The molecule has 0 bridgehead atoms. The summed E-state index contributed by atoms with van der Waals surface area (Å²) in [7, 11) is 0. The summed E-state index contributed by atoms with van der Waals surface area (Å²) < 4.78 is 11.1. The van der Waals surface area contributed by atoms with Crippen molar-refractivity contribution in [1.29, 1.82) is 0 Å². The molecule has 0 saturated carbocycles. The molecule has 2 aromatic carbocycles. The number of carbonyl (C=O) groups excluding carboxylic acids is 2. The third-order valence-electron chi connectivity index (χ3n) is 5.47. The zero-order valence-electron chi connectivity index (χ0n) is 19.1. The largest absolute Gasteiger partial charge is 0.507 e. The zero-order chi connectivity index (χ0) is 23.3. The fourth-order valence-electron chi connectivity index (χ4n) is 3.81. The van der Waals surface area contributed by atoms with Crippen LogP contribution in [0.2, 0.25) is 0 Å². The number of likely N-dealkylation sites (tertiary alicyclic amines) is 1. The lowest BCUT2D eigenvalue weighted by Crippen LogP contribution is -2.33. The normalized spacial score (nSPS) is 17.9. The molecule has 2 aromatic rings. The number of ether oxygens (including phenoxy) is 2. The lowest BCUT2D eigenvalue weighted by molar-refractivity contribution is -0.140. The van der Waals surface area contributed by atoms with Gasteiger partial charge in [0.1, 0.15) is 11.5 Å². The summed E-state index contributed by atoms with van der Waals surface area (Å²) in [5.41, 5.74) is 2.48. The van der Waals surface area contributed by atoms with Crippen molar-refractivity contribution in [1.82, 2.24) is 4.90 Å². The summed E-state index contributed by atoms with van der Waals surface area (Å²) in [6.07, 6.45) is 0.896. The van der Waals surface area contributed by atoms with E-state index in [1.165, 1.54) is 4.90 Å². The van der Waals surface area contributed by atoms with Gasteiger partial charge in [-0.25, -0.2) is 0 Å². The van der Waals surface area contributed by atoms with Crippen LogP contribution in [0.15, 0.2) is 54.1 Å². The van der Waals surface area contributed by atoms with Gasteiger partial charge in [-0.2, -0.15) is 0 Å². The molecule has 0 radical (unpaired) electrons. The fraction of sp³-hybridized carbons (Fsp3) is 0.385. The maximum atomic E-state index is 13.0. The average Bonchev–Trinajstić information content (AvgIpc) is 3.04. The number of ketones is 1. The number of rotatable bonds is 9. The van der Waals surface area contributed by atoms with E-state index >= 15 is 0 Å². The third kappa shape index (κ3) is 5.02. The smallest absolute Gasteiger partial charge is 0.295 e. The van der Waals surface area contributed by atoms with Crippen molar-refractivity contribution in [2.75, 3.05) is 19.8 Å². The van der Waals surface area contributed by atoms with Crippen LogP contribution in [0, 0.1) is 0 Å². The highest BCUT2D eigenvalue weighted by atomic mass is 16.5. The molecule has 1 fully saturated rings. The van der Waals surface area contributed by atoms with Gasteiger partial charge in [-0.05, 0) is 62.6 Å². The quantitative estimate of drug-likeness (QED) is 0.355. The van der Waals surface area contributed by atoms with E-state index in [4.69, 9.17) is 9.47 Å². The number of amides is 1. The Morgan fingerprint density at radius 3 is 2.25 bits per heavy atom. The Labute approximate surface area is 189 Å². The summed E-state index contributed by atoms with van der Waals surface area (Å²) >= 11 is 0. The van der Waals surface area contributed by atoms with Gasteiger partial charge in [0.15, 0.2) is 0 Å². The van der Waals surface area contributed by atoms with Crippen molar-refractivity contribution < 1.29 is 24.2 Å². The van der Waals surface area contributed by atoms with Gasteiger partial charge in [-0.15, -0.1) is 0 Å². The second-order valence-electron chi connectivity index (χ2n) is 7.96. The molecule has 1 atom stereocenters. The summed E-state index contributed by atoms with van der Waals surface area (Å²) in [4.78, 5) is 27.4. The minimum absolute atomic E-state index is 0.0120. The number of Topliss-reactive ketones (excluding diaryl/α,β-unsaturated/α-hetero) is 1. The van der Waals surface area contributed by atoms with Gasteiger partial charge in [0.25, 0.3) is 11.7 Å². The van der Waals surface area contributed by atoms with E-state index in [1.54, 1.807) is 24.3 Å². The molecule has 1 N–H and O–H groups in total. The number of hydrogen-bond acceptors (Lipinski definition) is 5. The van der Waals surface area contributed by atoms with Crippen molar-refractivity contribution in [3.8, 4) is 5.75 Å². The van der Waals surface area contributed by atoms with E-state index < -0.39 is 17.7 Å². The van der Waals surface area contributed by atoms with E-state index in [2.05, 4.69) is 6.92 Å². The van der Waals surface area contributed by atoms with Crippen molar-refractivity contribution in [3.63, 3.8) is 0 Å². The predicted molar refractivity (Wildman–Crippen MR) is 124 cm³/mol. The number of nitrogens with zero attached hydrogens (tertiary/aromatic N) is 1. The first kappa shape index (κ1) is 23.5. The minimum Gasteiger partial charge on any atom is -0.507 e. The Kier molecular flexibility index (Phi) is 7.70. The Morgan fingerprint density at radius 2 is 1.69 bits per heavy atom. The van der Waals surface area contributed by atoms with Crippen molar-refractivity contribution in [3.05, 3.63) is 70.8 Å². The van der Waals surface area contributed by atoms with Crippen LogP contribution < -0.4 is 4.74 Å². The van der Waals surface area contributed by atoms with E-state index in [9.17, 15) is 14.7 Å². The molecule has 6 heteroatoms. The molecule has 1 amide bonds. The van der Waals surface area contributed by atoms with Gasteiger partial charge in [0.2, 0.25) is 0 Å². The Balaban J connectivity index is 2.04.